The fourth-order valence-electron chi connectivity index (χ4n) is 2.77. The highest BCUT2D eigenvalue weighted by molar-refractivity contribution is 6.31. The number of hydrogen-bond acceptors (Lipinski definition) is 4. The Morgan fingerprint density at radius 2 is 2.00 bits per heavy atom. The quantitative estimate of drug-likeness (QED) is 0.862. The summed E-state index contributed by atoms with van der Waals surface area (Å²) in [6.45, 7) is 4.00. The van der Waals surface area contributed by atoms with Crippen LogP contribution in [0.15, 0.2) is 53.6 Å². The zero-order valence-electron chi connectivity index (χ0n) is 13.1. The Morgan fingerprint density at radius 3 is 2.70 bits per heavy atom. The zero-order chi connectivity index (χ0) is 16.4. The number of ketones is 1. The molecule has 5 heteroatoms. The predicted octanol–water partition coefficient (Wildman–Crippen LogP) is 4.05. The highest BCUT2D eigenvalue weighted by Gasteiger charge is 2.28. The van der Waals surface area contributed by atoms with Crippen molar-refractivity contribution in [2.24, 2.45) is 5.10 Å². The van der Waals surface area contributed by atoms with Crippen molar-refractivity contribution in [3.8, 4) is 0 Å². The number of nitrogens with zero attached hydrogens (tertiary/aromatic N) is 2. The van der Waals surface area contributed by atoms with Gasteiger partial charge >= 0.3 is 0 Å². The van der Waals surface area contributed by atoms with Crippen LogP contribution in [0.2, 0.25) is 5.02 Å². The molecule has 1 atom stereocenters. The Balaban J connectivity index is 2.09. The molecule has 1 heterocycles. The summed E-state index contributed by atoms with van der Waals surface area (Å²) in [5.74, 6) is 0.791. The Hall–Kier alpha value is -2.33. The van der Waals surface area contributed by atoms with Gasteiger partial charge in [0.1, 0.15) is 12.0 Å². The first-order valence-electron chi connectivity index (χ1n) is 7.60. The van der Waals surface area contributed by atoms with Crippen molar-refractivity contribution >= 4 is 28.9 Å². The van der Waals surface area contributed by atoms with Gasteiger partial charge in [-0.3, -0.25) is 10.2 Å². The van der Waals surface area contributed by atoms with E-state index < -0.39 is 0 Å². The number of benzene rings is 2. The molecule has 0 saturated heterocycles. The van der Waals surface area contributed by atoms with Crippen LogP contribution < -0.4 is 10.3 Å². The molecule has 0 bridgehead atoms. The number of hydrazone groups is 1. The van der Waals surface area contributed by atoms with Crippen molar-refractivity contribution in [2.75, 3.05) is 4.90 Å². The first kappa shape index (κ1) is 15.6. The van der Waals surface area contributed by atoms with Crippen LogP contribution in [-0.4, -0.2) is 17.8 Å². The van der Waals surface area contributed by atoms with Crippen LogP contribution in [0.5, 0.6) is 0 Å². The van der Waals surface area contributed by atoms with Crippen LogP contribution in [0.4, 0.5) is 5.69 Å². The third kappa shape index (κ3) is 2.94. The zero-order valence-corrected chi connectivity index (χ0v) is 13.8. The van der Waals surface area contributed by atoms with E-state index in [0.717, 1.165) is 17.9 Å². The molecule has 2 aromatic rings. The Bertz CT molecular complexity index is 758. The molecular weight excluding hydrogens is 310 g/mol. The van der Waals surface area contributed by atoms with E-state index in [-0.39, 0.29) is 11.9 Å². The average molecular weight is 328 g/mol. The molecule has 3 rings (SSSR count). The molecule has 1 aliphatic rings. The van der Waals surface area contributed by atoms with E-state index >= 15 is 0 Å². The fraction of sp³-hybridized carbons (Fsp3) is 0.222. The third-order valence-electron chi connectivity index (χ3n) is 3.92. The van der Waals surface area contributed by atoms with Crippen LogP contribution in [-0.2, 0) is 0 Å². The van der Waals surface area contributed by atoms with Gasteiger partial charge in [-0.1, -0.05) is 48.9 Å². The fourth-order valence-corrected chi connectivity index (χ4v) is 2.94. The number of amidine groups is 1. The summed E-state index contributed by atoms with van der Waals surface area (Å²) in [6, 6.07) is 14.6. The van der Waals surface area contributed by atoms with Gasteiger partial charge in [0.05, 0.1) is 5.69 Å². The molecule has 0 aliphatic carbocycles. The summed E-state index contributed by atoms with van der Waals surface area (Å²) in [5, 5.41) is 4.83. The number of carbonyl (C=O) groups excluding carboxylic acids is 1. The number of nitrogens with one attached hydrogen (secondary N) is 1. The van der Waals surface area contributed by atoms with Gasteiger partial charge in [0, 0.05) is 16.1 Å². The minimum absolute atomic E-state index is 0.0403. The van der Waals surface area contributed by atoms with Crippen LogP contribution in [0, 0.1) is 0 Å². The molecule has 0 aromatic heterocycles. The van der Waals surface area contributed by atoms with E-state index in [4.69, 9.17) is 11.6 Å². The number of anilines is 1. The Kier molecular flexibility index (Phi) is 4.35. The third-order valence-corrected chi connectivity index (χ3v) is 4.16. The number of carbonyl (C=O) groups is 1. The van der Waals surface area contributed by atoms with Crippen molar-refractivity contribution in [3.05, 3.63) is 64.7 Å². The first-order valence-corrected chi connectivity index (χ1v) is 7.98. The maximum Gasteiger partial charge on any atom is 0.195 e. The van der Waals surface area contributed by atoms with Gasteiger partial charge in [-0.05, 0) is 31.5 Å². The summed E-state index contributed by atoms with van der Waals surface area (Å²) >= 11 is 6.15. The minimum Gasteiger partial charge on any atom is -0.306 e. The van der Waals surface area contributed by atoms with Gasteiger partial charge in [-0.15, -0.1) is 0 Å². The summed E-state index contributed by atoms with van der Waals surface area (Å²) in [4.78, 5) is 15.0. The second-order valence-corrected chi connectivity index (χ2v) is 5.88. The van der Waals surface area contributed by atoms with Gasteiger partial charge < -0.3 is 4.90 Å². The number of halogens is 1. The highest BCUT2D eigenvalue weighted by Crippen LogP contribution is 2.30. The highest BCUT2D eigenvalue weighted by atomic mass is 35.5. The van der Waals surface area contributed by atoms with E-state index in [2.05, 4.69) is 17.5 Å². The molecule has 0 radical (unpaired) electrons. The molecule has 23 heavy (non-hydrogen) atoms. The average Bonchev–Trinajstić information content (AvgIpc) is 2.95. The smallest absolute Gasteiger partial charge is 0.195 e. The maximum absolute atomic E-state index is 12.9. The van der Waals surface area contributed by atoms with E-state index in [0.29, 0.717) is 16.1 Å². The number of rotatable bonds is 4. The van der Waals surface area contributed by atoms with Gasteiger partial charge in [0.2, 0.25) is 0 Å². The lowest BCUT2D eigenvalue weighted by Crippen LogP contribution is -2.39. The molecule has 0 amide bonds. The lowest BCUT2D eigenvalue weighted by molar-refractivity contribution is 0.103. The molecular formula is C18H18ClN3O. The second-order valence-electron chi connectivity index (χ2n) is 5.44. The molecule has 1 unspecified atom stereocenters. The summed E-state index contributed by atoms with van der Waals surface area (Å²) in [7, 11) is 0. The number of hydrogen-bond donors (Lipinski definition) is 1. The monoisotopic (exact) mass is 327 g/mol. The maximum atomic E-state index is 12.9. The van der Waals surface area contributed by atoms with Crippen LogP contribution in [0.3, 0.4) is 0 Å². The van der Waals surface area contributed by atoms with Crippen LogP contribution >= 0.6 is 11.6 Å². The lowest BCUT2D eigenvalue weighted by atomic mass is 10.0. The Morgan fingerprint density at radius 1 is 1.26 bits per heavy atom. The largest absolute Gasteiger partial charge is 0.306 e. The van der Waals surface area contributed by atoms with E-state index in [9.17, 15) is 4.79 Å². The topological polar surface area (TPSA) is 44.7 Å². The van der Waals surface area contributed by atoms with Crippen LogP contribution in [0.1, 0.15) is 36.2 Å². The summed E-state index contributed by atoms with van der Waals surface area (Å²) in [6.07, 6.45) is 0.904. The van der Waals surface area contributed by atoms with E-state index in [1.165, 1.54) is 0 Å². The predicted molar refractivity (Wildman–Crippen MR) is 94.1 cm³/mol. The second kappa shape index (κ2) is 6.42. The van der Waals surface area contributed by atoms with Gasteiger partial charge in [-0.2, -0.15) is 5.10 Å². The molecule has 0 saturated carbocycles. The Labute approximate surface area is 140 Å². The minimum atomic E-state index is -0.0438. The lowest BCUT2D eigenvalue weighted by Gasteiger charge is -2.27. The van der Waals surface area contributed by atoms with Crippen molar-refractivity contribution < 1.29 is 4.79 Å². The van der Waals surface area contributed by atoms with Crippen molar-refractivity contribution in [3.63, 3.8) is 0 Å². The normalized spacial score (nSPS) is 16.9. The van der Waals surface area contributed by atoms with E-state index in [1.54, 1.807) is 12.1 Å². The molecule has 1 N–H and O–H groups in total. The molecule has 0 fully saturated rings. The standard InChI is InChI=1S/C18H18ClN3O/c1-3-17-21-20-12(2)22(17)16-10-9-14(19)11-15(16)18(23)13-7-5-4-6-8-13/h4-11,17,21H,3H2,1-2H3. The van der Waals surface area contributed by atoms with Gasteiger partial charge in [0.15, 0.2) is 5.78 Å². The molecule has 1 aliphatic heterocycles. The first-order chi connectivity index (χ1) is 11.1. The van der Waals surface area contributed by atoms with Crippen molar-refractivity contribution in [1.29, 1.82) is 0 Å². The van der Waals surface area contributed by atoms with Crippen molar-refractivity contribution in [2.45, 2.75) is 26.4 Å². The van der Waals surface area contributed by atoms with Crippen molar-refractivity contribution in [1.82, 2.24) is 5.43 Å². The van der Waals surface area contributed by atoms with Gasteiger partial charge in [-0.25, -0.2) is 0 Å². The molecule has 118 valence electrons. The molecule has 4 nitrogen and oxygen atoms in total. The summed E-state index contributed by atoms with van der Waals surface area (Å²) < 4.78 is 0. The van der Waals surface area contributed by atoms with Crippen LogP contribution in [0.25, 0.3) is 0 Å². The van der Waals surface area contributed by atoms with E-state index in [1.807, 2.05) is 48.2 Å². The van der Waals surface area contributed by atoms with Gasteiger partial charge in [0.25, 0.3) is 0 Å². The SMILES string of the molecule is CCC1NN=C(C)N1c1ccc(Cl)cc1C(=O)c1ccccc1. The molecule has 0 spiro atoms. The summed E-state index contributed by atoms with van der Waals surface area (Å²) in [5.41, 5.74) is 5.14. The molecule has 2 aromatic carbocycles.